The van der Waals surface area contributed by atoms with Gasteiger partial charge in [-0.3, -0.25) is 4.68 Å². The van der Waals surface area contributed by atoms with E-state index in [0.29, 0.717) is 29.3 Å². The van der Waals surface area contributed by atoms with Crippen LogP contribution in [-0.2, 0) is 7.05 Å². The lowest BCUT2D eigenvalue weighted by Crippen LogP contribution is -2.00. The lowest BCUT2D eigenvalue weighted by molar-refractivity contribution is 0.393. The number of ether oxygens (including phenoxy) is 1. The van der Waals surface area contributed by atoms with Crippen molar-refractivity contribution >= 4 is 34.3 Å². The van der Waals surface area contributed by atoms with E-state index in [1.807, 2.05) is 32.4 Å². The lowest BCUT2D eigenvalue weighted by Gasteiger charge is -2.09. The van der Waals surface area contributed by atoms with E-state index in [0.717, 1.165) is 27.7 Å². The fourth-order valence-electron chi connectivity index (χ4n) is 3.41. The number of fused-ring (bicyclic) bond motifs is 1. The van der Waals surface area contributed by atoms with Crippen molar-refractivity contribution in [2.24, 2.45) is 7.05 Å². The Bertz CT molecular complexity index is 1390. The Morgan fingerprint density at radius 2 is 1.88 bits per heavy atom. The number of hydrogen-bond acceptors (Lipinski definition) is 9. The fraction of sp³-hybridized carbons (Fsp3) is 0.143. The monoisotopic (exact) mass is 428 g/mol. The van der Waals surface area contributed by atoms with Crippen LogP contribution < -0.4 is 15.4 Å². The van der Waals surface area contributed by atoms with Gasteiger partial charge in [0.1, 0.15) is 5.69 Å². The molecule has 0 spiro atoms. The van der Waals surface area contributed by atoms with E-state index in [1.54, 1.807) is 42.6 Å². The van der Waals surface area contributed by atoms with E-state index in [-0.39, 0.29) is 0 Å². The van der Waals surface area contributed by atoms with Gasteiger partial charge in [-0.15, -0.1) is 5.10 Å². The molecule has 0 saturated heterocycles. The molecule has 11 nitrogen and oxygen atoms in total. The number of nitrogens with zero attached hydrogens (tertiary/aromatic N) is 7. The summed E-state index contributed by atoms with van der Waals surface area (Å²) < 4.78 is 6.97. The van der Waals surface area contributed by atoms with Crippen molar-refractivity contribution in [2.45, 2.75) is 6.92 Å². The van der Waals surface area contributed by atoms with Crippen molar-refractivity contribution in [3.05, 3.63) is 54.9 Å². The first kappa shape index (κ1) is 19.4. The van der Waals surface area contributed by atoms with Crippen molar-refractivity contribution in [1.82, 2.24) is 39.7 Å². The predicted molar refractivity (Wildman–Crippen MR) is 120 cm³/mol. The number of aromatic nitrogens is 8. The molecular formula is C21H20N10O. The third-order valence-corrected chi connectivity index (χ3v) is 4.86. The van der Waals surface area contributed by atoms with Crippen LogP contribution in [0.2, 0.25) is 0 Å². The van der Waals surface area contributed by atoms with Gasteiger partial charge in [-0.25, -0.2) is 24.9 Å². The van der Waals surface area contributed by atoms with Crippen molar-refractivity contribution in [3.8, 4) is 17.1 Å². The van der Waals surface area contributed by atoms with Gasteiger partial charge >= 0.3 is 0 Å². The van der Waals surface area contributed by atoms with Crippen LogP contribution in [0.1, 0.15) is 5.56 Å². The van der Waals surface area contributed by atoms with E-state index >= 15 is 0 Å². The third-order valence-electron chi connectivity index (χ3n) is 4.86. The van der Waals surface area contributed by atoms with Gasteiger partial charge in [-0.1, -0.05) is 0 Å². The lowest BCUT2D eigenvalue weighted by atomic mass is 10.1. The molecule has 0 atom stereocenters. The van der Waals surface area contributed by atoms with Gasteiger partial charge < -0.3 is 20.4 Å². The summed E-state index contributed by atoms with van der Waals surface area (Å²) in [6, 6.07) is 3.70. The molecule has 0 aromatic carbocycles. The number of aromatic amines is 1. The standard InChI is InChI=1S/C21H20N10O/c1-12-9-26-21(27-15-11-31(2)30-19(15)32-3)28-16(12)14-10-25-17-13(14)5-8-22-18(17)29-20-23-6-4-7-24-20/h4-11,25H,1-3H3,(H,26,27,28)(H,22,23,24,29). The van der Waals surface area contributed by atoms with E-state index in [1.165, 1.54) is 0 Å². The Hall–Kier alpha value is -4.54. The van der Waals surface area contributed by atoms with Gasteiger partial charge in [-0.2, -0.15) is 0 Å². The first-order valence-corrected chi connectivity index (χ1v) is 9.81. The Morgan fingerprint density at radius 1 is 1.03 bits per heavy atom. The second kappa shape index (κ2) is 7.95. The number of methoxy groups -OCH3 is 1. The van der Waals surface area contributed by atoms with Crippen LogP contribution in [0.4, 0.5) is 23.4 Å². The van der Waals surface area contributed by atoms with Crippen molar-refractivity contribution in [3.63, 3.8) is 0 Å². The second-order valence-electron chi connectivity index (χ2n) is 7.06. The summed E-state index contributed by atoms with van der Waals surface area (Å²) in [4.78, 5) is 25.3. The molecule has 0 fully saturated rings. The molecule has 160 valence electrons. The average molecular weight is 428 g/mol. The van der Waals surface area contributed by atoms with Crippen LogP contribution in [0.25, 0.3) is 22.2 Å². The summed E-state index contributed by atoms with van der Waals surface area (Å²) in [6.45, 7) is 1.97. The van der Waals surface area contributed by atoms with Crippen LogP contribution in [0.5, 0.6) is 5.88 Å². The number of H-pyrrole nitrogens is 1. The summed E-state index contributed by atoms with van der Waals surface area (Å²) in [7, 11) is 3.39. The smallest absolute Gasteiger partial charge is 0.256 e. The van der Waals surface area contributed by atoms with E-state index in [4.69, 9.17) is 9.72 Å². The molecule has 5 heterocycles. The molecule has 5 aromatic heterocycles. The zero-order valence-corrected chi connectivity index (χ0v) is 17.7. The maximum absolute atomic E-state index is 5.31. The van der Waals surface area contributed by atoms with Crippen LogP contribution in [0, 0.1) is 6.92 Å². The molecule has 0 aliphatic carbocycles. The zero-order valence-electron chi connectivity index (χ0n) is 17.7. The first-order chi connectivity index (χ1) is 15.6. The highest BCUT2D eigenvalue weighted by Gasteiger charge is 2.16. The van der Waals surface area contributed by atoms with Crippen LogP contribution in [0.3, 0.4) is 0 Å². The molecular weight excluding hydrogens is 408 g/mol. The first-order valence-electron chi connectivity index (χ1n) is 9.81. The van der Waals surface area contributed by atoms with Gasteiger partial charge in [0.05, 0.1) is 24.5 Å². The fourth-order valence-corrected chi connectivity index (χ4v) is 3.41. The molecule has 3 N–H and O–H groups in total. The highest BCUT2D eigenvalue weighted by Crippen LogP contribution is 2.33. The van der Waals surface area contributed by atoms with Gasteiger partial charge in [0, 0.05) is 49.0 Å². The van der Waals surface area contributed by atoms with E-state index in [2.05, 4.69) is 40.7 Å². The number of pyridine rings is 1. The summed E-state index contributed by atoms with van der Waals surface area (Å²) in [5, 5.41) is 11.5. The molecule has 0 bridgehead atoms. The third kappa shape index (κ3) is 3.55. The molecule has 32 heavy (non-hydrogen) atoms. The topological polar surface area (TPSA) is 131 Å². The van der Waals surface area contributed by atoms with Gasteiger partial charge in [0.25, 0.3) is 5.88 Å². The largest absolute Gasteiger partial charge is 0.478 e. The summed E-state index contributed by atoms with van der Waals surface area (Å²) in [5.41, 5.74) is 4.18. The summed E-state index contributed by atoms with van der Waals surface area (Å²) in [6.07, 6.45) is 10.6. The van der Waals surface area contributed by atoms with Crippen molar-refractivity contribution < 1.29 is 4.74 Å². The Labute approximate surface area is 183 Å². The second-order valence-corrected chi connectivity index (χ2v) is 7.06. The Balaban J connectivity index is 1.52. The number of anilines is 4. The van der Waals surface area contributed by atoms with Crippen LogP contribution in [-0.4, -0.2) is 46.8 Å². The number of rotatable bonds is 6. The van der Waals surface area contributed by atoms with Crippen molar-refractivity contribution in [2.75, 3.05) is 17.7 Å². The minimum Gasteiger partial charge on any atom is -0.478 e. The highest BCUT2D eigenvalue weighted by molar-refractivity contribution is 6.00. The number of aryl methyl sites for hydroxylation is 2. The Kier molecular flexibility index (Phi) is 4.82. The molecule has 11 heteroatoms. The minimum absolute atomic E-state index is 0.441. The van der Waals surface area contributed by atoms with Gasteiger partial charge in [0.2, 0.25) is 11.9 Å². The molecule has 0 amide bonds. The SMILES string of the molecule is COc1nn(C)cc1Nc1ncc(C)c(-c2c[nH]c3c(Nc4ncccn4)nccc23)n1. The molecule has 5 aromatic rings. The highest BCUT2D eigenvalue weighted by atomic mass is 16.5. The molecule has 0 aliphatic heterocycles. The van der Waals surface area contributed by atoms with Crippen LogP contribution >= 0.6 is 0 Å². The average Bonchev–Trinajstić information content (AvgIpc) is 3.39. The summed E-state index contributed by atoms with van der Waals surface area (Å²) in [5.74, 6) is 2.01. The van der Waals surface area contributed by atoms with E-state index in [9.17, 15) is 0 Å². The maximum atomic E-state index is 5.31. The summed E-state index contributed by atoms with van der Waals surface area (Å²) >= 11 is 0. The van der Waals surface area contributed by atoms with Crippen LogP contribution in [0.15, 0.2) is 49.3 Å². The quantitative estimate of drug-likeness (QED) is 0.372. The Morgan fingerprint density at radius 3 is 2.69 bits per heavy atom. The van der Waals surface area contributed by atoms with Gasteiger partial charge in [-0.05, 0) is 24.6 Å². The maximum Gasteiger partial charge on any atom is 0.256 e. The van der Waals surface area contributed by atoms with Gasteiger partial charge in [0.15, 0.2) is 5.82 Å². The number of hydrogen-bond donors (Lipinski definition) is 3. The van der Waals surface area contributed by atoms with E-state index < -0.39 is 0 Å². The predicted octanol–water partition coefficient (Wildman–Crippen LogP) is 3.35. The normalized spacial score (nSPS) is 11.0. The van der Waals surface area contributed by atoms with Crippen molar-refractivity contribution in [1.29, 1.82) is 0 Å². The number of nitrogens with one attached hydrogen (secondary N) is 3. The zero-order chi connectivity index (χ0) is 22.1. The minimum atomic E-state index is 0.441. The molecule has 0 unspecified atom stereocenters. The molecule has 5 rings (SSSR count). The molecule has 0 radical (unpaired) electrons. The molecule has 0 aliphatic rings. The molecule has 0 saturated carbocycles.